The van der Waals surface area contributed by atoms with Crippen molar-refractivity contribution in [3.63, 3.8) is 0 Å². The molecule has 92 valence electrons. The normalized spacial score (nSPS) is 18.3. The van der Waals surface area contributed by atoms with Crippen LogP contribution in [0.5, 0.6) is 0 Å². The molecule has 0 radical (unpaired) electrons. The minimum atomic E-state index is -1.10. The lowest BCUT2D eigenvalue weighted by Crippen LogP contribution is -2.22. The highest BCUT2D eigenvalue weighted by atomic mass is 32.2. The largest absolute Gasteiger partial charge is 0.466 e. The standard InChI is InChI=1S/C11H18O4S/c1-2-15-11(13)7-9(12)8-16(14)10-5-3-4-6-10/h10H,2-8H2,1H3. The van der Waals surface area contributed by atoms with E-state index in [1.54, 1.807) is 6.92 Å². The molecule has 1 aliphatic carbocycles. The van der Waals surface area contributed by atoms with Gasteiger partial charge in [0.05, 0.1) is 12.4 Å². The summed E-state index contributed by atoms with van der Waals surface area (Å²) in [4.78, 5) is 22.4. The maximum absolute atomic E-state index is 11.7. The van der Waals surface area contributed by atoms with E-state index in [0.29, 0.717) is 0 Å². The Hall–Kier alpha value is -0.710. The highest BCUT2D eigenvalue weighted by Gasteiger charge is 2.23. The van der Waals surface area contributed by atoms with Crippen LogP contribution in [0.3, 0.4) is 0 Å². The Bertz CT molecular complexity index is 282. The monoisotopic (exact) mass is 246 g/mol. The van der Waals surface area contributed by atoms with Crippen LogP contribution in [0.1, 0.15) is 39.0 Å². The van der Waals surface area contributed by atoms with Gasteiger partial charge in [-0.3, -0.25) is 13.8 Å². The fraction of sp³-hybridized carbons (Fsp3) is 0.818. The summed E-state index contributed by atoms with van der Waals surface area (Å²) in [5.41, 5.74) is 0. The zero-order valence-corrected chi connectivity index (χ0v) is 10.4. The van der Waals surface area contributed by atoms with Crippen molar-refractivity contribution in [3.05, 3.63) is 0 Å². The Labute approximate surface area is 98.2 Å². The molecule has 0 heterocycles. The predicted octanol–water partition coefficient (Wildman–Crippen LogP) is 1.20. The SMILES string of the molecule is CCOC(=O)CC(=O)CS(=O)C1CCCC1. The highest BCUT2D eigenvalue weighted by molar-refractivity contribution is 7.86. The average Bonchev–Trinajstić information content (AvgIpc) is 2.69. The van der Waals surface area contributed by atoms with Crippen LogP contribution in [0, 0.1) is 0 Å². The minimum absolute atomic E-state index is 0.00345. The first-order valence-electron chi connectivity index (χ1n) is 5.68. The number of hydrogen-bond donors (Lipinski definition) is 0. The van der Waals surface area contributed by atoms with E-state index < -0.39 is 16.8 Å². The molecule has 0 N–H and O–H groups in total. The topological polar surface area (TPSA) is 60.4 Å². The van der Waals surface area contributed by atoms with Gasteiger partial charge >= 0.3 is 5.97 Å². The predicted molar refractivity (Wildman–Crippen MR) is 61.5 cm³/mol. The van der Waals surface area contributed by atoms with Gasteiger partial charge in [-0.25, -0.2) is 0 Å². The van der Waals surface area contributed by atoms with Gasteiger partial charge in [0.15, 0.2) is 5.78 Å². The first-order chi connectivity index (χ1) is 7.63. The minimum Gasteiger partial charge on any atom is -0.466 e. The number of carbonyl (C=O) groups is 2. The molecule has 0 aromatic rings. The molecule has 0 aromatic heterocycles. The van der Waals surface area contributed by atoms with Crippen LogP contribution in [-0.4, -0.2) is 33.6 Å². The fourth-order valence-corrected chi connectivity index (χ4v) is 3.37. The molecule has 1 unspecified atom stereocenters. The molecule has 0 bridgehead atoms. The van der Waals surface area contributed by atoms with E-state index in [4.69, 9.17) is 0 Å². The van der Waals surface area contributed by atoms with Crippen LogP contribution < -0.4 is 0 Å². The molecule has 0 amide bonds. The molecule has 16 heavy (non-hydrogen) atoms. The smallest absolute Gasteiger partial charge is 0.313 e. The molecule has 4 nitrogen and oxygen atoms in total. The summed E-state index contributed by atoms with van der Waals surface area (Å²) >= 11 is 0. The summed E-state index contributed by atoms with van der Waals surface area (Å²) in [7, 11) is -1.10. The summed E-state index contributed by atoms with van der Waals surface area (Å²) in [5, 5.41) is 0.158. The van der Waals surface area contributed by atoms with E-state index in [-0.39, 0.29) is 29.8 Å². The number of rotatable bonds is 6. The van der Waals surface area contributed by atoms with Gasteiger partial charge in [-0.15, -0.1) is 0 Å². The number of hydrogen-bond acceptors (Lipinski definition) is 4. The second-order valence-corrected chi connectivity index (χ2v) is 5.67. The second kappa shape index (κ2) is 6.78. The van der Waals surface area contributed by atoms with Gasteiger partial charge in [-0.05, 0) is 19.8 Å². The van der Waals surface area contributed by atoms with E-state index in [1.165, 1.54) is 0 Å². The fourth-order valence-electron chi connectivity index (χ4n) is 1.85. The Morgan fingerprint density at radius 3 is 2.50 bits per heavy atom. The maximum atomic E-state index is 11.7. The molecule has 1 rings (SSSR count). The van der Waals surface area contributed by atoms with Crippen LogP contribution in [0.15, 0.2) is 0 Å². The first kappa shape index (κ1) is 13.4. The van der Waals surface area contributed by atoms with Crippen molar-refractivity contribution >= 4 is 22.6 Å². The number of carbonyl (C=O) groups excluding carboxylic acids is 2. The average molecular weight is 246 g/mol. The summed E-state index contributed by atoms with van der Waals surface area (Å²) in [6.45, 7) is 1.97. The third kappa shape index (κ3) is 4.43. The lowest BCUT2D eigenvalue weighted by molar-refractivity contribution is -0.145. The summed E-state index contributed by atoms with van der Waals surface area (Å²) in [6, 6.07) is 0. The van der Waals surface area contributed by atoms with E-state index in [9.17, 15) is 13.8 Å². The Balaban J connectivity index is 2.27. The van der Waals surface area contributed by atoms with Crippen LogP contribution in [0.2, 0.25) is 0 Å². The van der Waals surface area contributed by atoms with Gasteiger partial charge in [0.1, 0.15) is 6.42 Å². The van der Waals surface area contributed by atoms with E-state index >= 15 is 0 Å². The zero-order chi connectivity index (χ0) is 12.0. The third-order valence-electron chi connectivity index (χ3n) is 2.62. The lowest BCUT2D eigenvalue weighted by atomic mass is 10.3. The van der Waals surface area contributed by atoms with Gasteiger partial charge in [-0.2, -0.15) is 0 Å². The van der Waals surface area contributed by atoms with E-state index in [0.717, 1.165) is 25.7 Å². The van der Waals surface area contributed by atoms with Crippen LogP contribution in [0.4, 0.5) is 0 Å². The van der Waals surface area contributed by atoms with Crippen molar-refractivity contribution < 1.29 is 18.5 Å². The van der Waals surface area contributed by atoms with Gasteiger partial charge in [0.25, 0.3) is 0 Å². The number of ether oxygens (including phenoxy) is 1. The molecule has 0 spiro atoms. The van der Waals surface area contributed by atoms with Gasteiger partial charge in [-0.1, -0.05) is 12.8 Å². The van der Waals surface area contributed by atoms with Crippen molar-refractivity contribution in [2.75, 3.05) is 12.4 Å². The van der Waals surface area contributed by atoms with Gasteiger partial charge < -0.3 is 4.74 Å². The lowest BCUT2D eigenvalue weighted by Gasteiger charge is -2.07. The van der Waals surface area contributed by atoms with Crippen LogP contribution in [-0.2, 0) is 25.1 Å². The van der Waals surface area contributed by atoms with Crippen LogP contribution in [0.25, 0.3) is 0 Å². The van der Waals surface area contributed by atoms with E-state index in [1.807, 2.05) is 0 Å². The second-order valence-electron chi connectivity index (χ2n) is 3.95. The molecular weight excluding hydrogens is 228 g/mol. The van der Waals surface area contributed by atoms with Crippen molar-refractivity contribution in [2.24, 2.45) is 0 Å². The van der Waals surface area contributed by atoms with E-state index in [2.05, 4.69) is 4.74 Å². The maximum Gasteiger partial charge on any atom is 0.313 e. The van der Waals surface area contributed by atoms with Gasteiger partial charge in [0.2, 0.25) is 0 Å². The third-order valence-corrected chi connectivity index (χ3v) is 4.45. The summed E-state index contributed by atoms with van der Waals surface area (Å²) < 4.78 is 16.4. The molecule has 1 aliphatic rings. The molecule has 0 aromatic carbocycles. The van der Waals surface area contributed by atoms with Gasteiger partial charge in [0, 0.05) is 16.0 Å². The molecule has 1 atom stereocenters. The van der Waals surface area contributed by atoms with Crippen molar-refractivity contribution in [3.8, 4) is 0 Å². The molecule has 5 heteroatoms. The zero-order valence-electron chi connectivity index (χ0n) is 9.57. The quantitative estimate of drug-likeness (QED) is 0.522. The molecule has 0 aliphatic heterocycles. The molecule has 0 saturated heterocycles. The first-order valence-corrected chi connectivity index (χ1v) is 7.06. The molecular formula is C11H18O4S. The number of esters is 1. The number of Topliss-reactive ketones (excluding diaryl/α,β-unsaturated/α-hetero) is 1. The van der Waals surface area contributed by atoms with Crippen LogP contribution >= 0.6 is 0 Å². The molecule has 1 fully saturated rings. The Kier molecular flexibility index (Phi) is 5.66. The summed E-state index contributed by atoms with van der Waals surface area (Å²) in [5.74, 6) is -0.789. The Morgan fingerprint density at radius 2 is 1.94 bits per heavy atom. The van der Waals surface area contributed by atoms with Crippen molar-refractivity contribution in [1.82, 2.24) is 0 Å². The molecule has 1 saturated carbocycles. The van der Waals surface area contributed by atoms with Crippen molar-refractivity contribution in [2.45, 2.75) is 44.3 Å². The number of ketones is 1. The Morgan fingerprint density at radius 1 is 1.31 bits per heavy atom. The van der Waals surface area contributed by atoms with Crippen molar-refractivity contribution in [1.29, 1.82) is 0 Å². The summed E-state index contributed by atoms with van der Waals surface area (Å²) in [6.07, 6.45) is 3.84. The highest BCUT2D eigenvalue weighted by Crippen LogP contribution is 2.23.